The molecule has 100 valence electrons. The Kier molecular flexibility index (Phi) is 5.82. The Balaban J connectivity index is 2.67. The van der Waals surface area contributed by atoms with Crippen LogP contribution in [-0.2, 0) is 16.0 Å². The van der Waals surface area contributed by atoms with Gasteiger partial charge in [0.2, 0.25) is 5.91 Å². The van der Waals surface area contributed by atoms with Crippen LogP contribution in [0.1, 0.15) is 18.9 Å². The summed E-state index contributed by atoms with van der Waals surface area (Å²) in [4.78, 5) is 13.7. The van der Waals surface area contributed by atoms with Crippen molar-refractivity contribution < 1.29 is 9.53 Å². The number of aryl methyl sites for hydroxylation is 1. The van der Waals surface area contributed by atoms with E-state index in [2.05, 4.69) is 6.92 Å². The second-order valence-electron chi connectivity index (χ2n) is 4.27. The molecule has 0 aliphatic carbocycles. The summed E-state index contributed by atoms with van der Waals surface area (Å²) < 4.78 is 5.12. The highest BCUT2D eigenvalue weighted by atomic mass is 16.5. The van der Waals surface area contributed by atoms with Crippen molar-refractivity contribution in [3.05, 3.63) is 29.8 Å². The number of hydrogen-bond donors (Lipinski definition) is 1. The minimum Gasteiger partial charge on any atom is -0.380 e. The number of methoxy groups -OCH3 is 1. The molecule has 1 rings (SSSR count). The Morgan fingerprint density at radius 2 is 2.00 bits per heavy atom. The molecular weight excluding hydrogens is 228 g/mol. The van der Waals surface area contributed by atoms with Crippen LogP contribution >= 0.6 is 0 Å². The summed E-state index contributed by atoms with van der Waals surface area (Å²) in [7, 11) is 3.34. The first kappa shape index (κ1) is 14.7. The predicted molar refractivity (Wildman–Crippen MR) is 73.7 cm³/mol. The van der Waals surface area contributed by atoms with Crippen LogP contribution in [0.15, 0.2) is 24.3 Å². The molecule has 1 aromatic carbocycles. The van der Waals surface area contributed by atoms with Gasteiger partial charge in [0.05, 0.1) is 12.5 Å². The Bertz CT molecular complexity index is 372. The monoisotopic (exact) mass is 250 g/mol. The normalized spacial score (nSPS) is 12.2. The van der Waals surface area contributed by atoms with E-state index in [9.17, 15) is 4.79 Å². The van der Waals surface area contributed by atoms with Crippen LogP contribution in [0.2, 0.25) is 0 Å². The van der Waals surface area contributed by atoms with E-state index in [1.165, 1.54) is 5.56 Å². The van der Waals surface area contributed by atoms with Crippen molar-refractivity contribution in [3.8, 4) is 0 Å². The number of anilines is 1. The van der Waals surface area contributed by atoms with Crippen LogP contribution in [0, 0.1) is 0 Å². The fourth-order valence-electron chi connectivity index (χ4n) is 1.69. The van der Waals surface area contributed by atoms with E-state index < -0.39 is 0 Å². The maximum absolute atomic E-state index is 12.0. The molecule has 0 fully saturated rings. The maximum Gasteiger partial charge on any atom is 0.229 e. The van der Waals surface area contributed by atoms with Crippen LogP contribution in [-0.4, -0.2) is 32.7 Å². The molecule has 1 unspecified atom stereocenters. The molecule has 0 radical (unpaired) electrons. The van der Waals surface area contributed by atoms with Gasteiger partial charge in [-0.15, -0.1) is 0 Å². The number of carbonyl (C=O) groups is 1. The van der Waals surface area contributed by atoms with E-state index in [1.807, 2.05) is 24.3 Å². The minimum atomic E-state index is -0.213. The third kappa shape index (κ3) is 3.82. The van der Waals surface area contributed by atoms with Crippen molar-refractivity contribution in [3.63, 3.8) is 0 Å². The van der Waals surface area contributed by atoms with Gasteiger partial charge in [-0.1, -0.05) is 19.1 Å². The standard InChI is InChI=1S/C14H22N2O2/c1-4-11-5-7-12(8-6-11)16(2)14(17)9-13(10-15)18-3/h5-8,13H,4,9-10,15H2,1-3H3. The van der Waals surface area contributed by atoms with Crippen LogP contribution in [0.3, 0.4) is 0 Å². The predicted octanol–water partition coefficient (Wildman–Crippen LogP) is 1.58. The SMILES string of the molecule is CCc1ccc(N(C)C(=O)CC(CN)OC)cc1. The first-order chi connectivity index (χ1) is 8.62. The zero-order chi connectivity index (χ0) is 13.5. The van der Waals surface area contributed by atoms with E-state index >= 15 is 0 Å². The van der Waals surface area contributed by atoms with Gasteiger partial charge >= 0.3 is 0 Å². The van der Waals surface area contributed by atoms with Crippen LogP contribution in [0.5, 0.6) is 0 Å². The summed E-state index contributed by atoms with van der Waals surface area (Å²) in [5.41, 5.74) is 7.67. The summed E-state index contributed by atoms with van der Waals surface area (Å²) in [5, 5.41) is 0. The lowest BCUT2D eigenvalue weighted by Gasteiger charge is -2.20. The number of hydrogen-bond acceptors (Lipinski definition) is 3. The lowest BCUT2D eigenvalue weighted by atomic mass is 10.1. The first-order valence-electron chi connectivity index (χ1n) is 6.20. The largest absolute Gasteiger partial charge is 0.380 e. The number of carbonyl (C=O) groups excluding carboxylic acids is 1. The summed E-state index contributed by atoms with van der Waals surface area (Å²) in [6, 6.07) is 7.99. The summed E-state index contributed by atoms with van der Waals surface area (Å²) in [6.45, 7) is 2.46. The summed E-state index contributed by atoms with van der Waals surface area (Å²) in [6.07, 6.45) is 1.09. The Labute approximate surface area is 109 Å². The van der Waals surface area contributed by atoms with E-state index in [1.54, 1.807) is 19.1 Å². The first-order valence-corrected chi connectivity index (χ1v) is 6.20. The number of rotatable bonds is 6. The van der Waals surface area contributed by atoms with Crippen molar-refractivity contribution in [2.45, 2.75) is 25.9 Å². The highest BCUT2D eigenvalue weighted by Gasteiger charge is 2.16. The average Bonchev–Trinajstić information content (AvgIpc) is 2.43. The van der Waals surface area contributed by atoms with Gasteiger partial charge in [-0.05, 0) is 24.1 Å². The summed E-state index contributed by atoms with van der Waals surface area (Å²) >= 11 is 0. The quantitative estimate of drug-likeness (QED) is 0.834. The van der Waals surface area contributed by atoms with E-state index in [-0.39, 0.29) is 12.0 Å². The van der Waals surface area contributed by atoms with Crippen molar-refractivity contribution in [2.24, 2.45) is 5.73 Å². The molecule has 0 aliphatic heterocycles. The number of nitrogens with two attached hydrogens (primary N) is 1. The Morgan fingerprint density at radius 3 is 2.44 bits per heavy atom. The molecule has 4 nitrogen and oxygen atoms in total. The van der Waals surface area contributed by atoms with Gasteiger partial charge < -0.3 is 15.4 Å². The molecule has 0 aromatic heterocycles. The second kappa shape index (κ2) is 7.13. The van der Waals surface area contributed by atoms with Gasteiger partial charge in [-0.2, -0.15) is 0 Å². The van der Waals surface area contributed by atoms with Gasteiger partial charge in [-0.25, -0.2) is 0 Å². The molecule has 0 heterocycles. The van der Waals surface area contributed by atoms with Gasteiger partial charge in [0.15, 0.2) is 0 Å². The van der Waals surface area contributed by atoms with Crippen molar-refractivity contribution in [2.75, 3.05) is 25.6 Å². The molecule has 18 heavy (non-hydrogen) atoms. The van der Waals surface area contributed by atoms with E-state index in [4.69, 9.17) is 10.5 Å². The topological polar surface area (TPSA) is 55.6 Å². The van der Waals surface area contributed by atoms with Gasteiger partial charge in [0, 0.05) is 26.4 Å². The van der Waals surface area contributed by atoms with E-state index in [0.717, 1.165) is 12.1 Å². The fraction of sp³-hybridized carbons (Fsp3) is 0.500. The molecule has 0 spiro atoms. The molecule has 2 N–H and O–H groups in total. The molecule has 0 saturated heterocycles. The number of benzene rings is 1. The zero-order valence-electron chi connectivity index (χ0n) is 11.3. The van der Waals surface area contributed by atoms with Crippen molar-refractivity contribution in [1.29, 1.82) is 0 Å². The Morgan fingerprint density at radius 1 is 1.39 bits per heavy atom. The molecule has 1 amide bonds. The van der Waals surface area contributed by atoms with Gasteiger partial charge in [0.1, 0.15) is 0 Å². The average molecular weight is 250 g/mol. The van der Waals surface area contributed by atoms with Crippen LogP contribution < -0.4 is 10.6 Å². The second-order valence-corrected chi connectivity index (χ2v) is 4.27. The molecule has 4 heteroatoms. The highest BCUT2D eigenvalue weighted by Crippen LogP contribution is 2.15. The third-order valence-corrected chi connectivity index (χ3v) is 3.10. The third-order valence-electron chi connectivity index (χ3n) is 3.10. The lowest BCUT2D eigenvalue weighted by molar-refractivity contribution is -0.120. The molecule has 0 saturated carbocycles. The minimum absolute atomic E-state index is 0.0107. The van der Waals surface area contributed by atoms with E-state index in [0.29, 0.717) is 13.0 Å². The smallest absolute Gasteiger partial charge is 0.229 e. The van der Waals surface area contributed by atoms with Crippen LogP contribution in [0.25, 0.3) is 0 Å². The molecule has 0 aliphatic rings. The van der Waals surface area contributed by atoms with Crippen molar-refractivity contribution in [1.82, 2.24) is 0 Å². The van der Waals surface area contributed by atoms with Crippen molar-refractivity contribution >= 4 is 11.6 Å². The van der Waals surface area contributed by atoms with Gasteiger partial charge in [0.25, 0.3) is 0 Å². The maximum atomic E-state index is 12.0. The molecule has 1 aromatic rings. The lowest BCUT2D eigenvalue weighted by Crippen LogP contribution is -2.33. The molecule has 1 atom stereocenters. The zero-order valence-corrected chi connectivity index (χ0v) is 11.3. The Hall–Kier alpha value is -1.39. The fourth-order valence-corrected chi connectivity index (χ4v) is 1.69. The molecular formula is C14H22N2O2. The number of nitrogens with zero attached hydrogens (tertiary/aromatic N) is 1. The number of amides is 1. The number of ether oxygens (including phenoxy) is 1. The highest BCUT2D eigenvalue weighted by molar-refractivity contribution is 5.93. The summed E-state index contributed by atoms with van der Waals surface area (Å²) in [5.74, 6) is 0.0107. The molecule has 0 bridgehead atoms. The van der Waals surface area contributed by atoms with Gasteiger partial charge in [-0.3, -0.25) is 4.79 Å². The van der Waals surface area contributed by atoms with Crippen LogP contribution in [0.4, 0.5) is 5.69 Å².